The molecular formula is C16H26O10. The van der Waals surface area contributed by atoms with E-state index >= 15 is 0 Å². The highest BCUT2D eigenvalue weighted by molar-refractivity contribution is 5.68. The van der Waals surface area contributed by atoms with Crippen molar-refractivity contribution in [3.8, 4) is 0 Å². The summed E-state index contributed by atoms with van der Waals surface area (Å²) >= 11 is 0. The zero-order valence-corrected chi connectivity index (χ0v) is 15.7. The first-order chi connectivity index (χ1) is 12.0. The standard InChI is InChI=1S/C9H14O6.C7H12O4/c1-6(10)13-4-9(15-8(3)12)5-14-7(2)11;1-6(8)10-4-3-5-11-7(2)9/h9H,4-5H2,1-3H3;3-5H2,1-2H3. The van der Waals surface area contributed by atoms with Crippen LogP contribution in [0.1, 0.15) is 41.0 Å². The van der Waals surface area contributed by atoms with E-state index in [0.717, 1.165) is 0 Å². The Bertz CT molecular complexity index is 438. The highest BCUT2D eigenvalue weighted by Gasteiger charge is 2.15. The molecule has 0 amide bonds. The number of hydrogen-bond donors (Lipinski definition) is 0. The van der Waals surface area contributed by atoms with Gasteiger partial charge in [-0.15, -0.1) is 0 Å². The normalized spacial score (nSPS) is 9.31. The molecule has 0 N–H and O–H groups in total. The predicted molar refractivity (Wildman–Crippen MR) is 86.7 cm³/mol. The van der Waals surface area contributed by atoms with E-state index in [2.05, 4.69) is 18.9 Å². The van der Waals surface area contributed by atoms with E-state index in [1.165, 1.54) is 34.6 Å². The van der Waals surface area contributed by atoms with Gasteiger partial charge in [0.25, 0.3) is 0 Å². The second-order valence-corrected chi connectivity index (χ2v) is 4.87. The molecule has 0 radical (unpaired) electrons. The van der Waals surface area contributed by atoms with E-state index in [-0.39, 0.29) is 25.2 Å². The van der Waals surface area contributed by atoms with Gasteiger partial charge < -0.3 is 23.7 Å². The fourth-order valence-electron chi connectivity index (χ4n) is 1.26. The van der Waals surface area contributed by atoms with Crippen molar-refractivity contribution in [3.63, 3.8) is 0 Å². The topological polar surface area (TPSA) is 132 Å². The molecule has 0 aliphatic carbocycles. The fraction of sp³-hybridized carbons (Fsp3) is 0.688. The predicted octanol–water partition coefficient (Wildman–Crippen LogP) is 0.547. The molecule has 0 fully saturated rings. The largest absolute Gasteiger partial charge is 0.466 e. The zero-order chi connectivity index (χ0) is 20.5. The van der Waals surface area contributed by atoms with Crippen molar-refractivity contribution in [2.24, 2.45) is 0 Å². The van der Waals surface area contributed by atoms with E-state index < -0.39 is 24.0 Å². The van der Waals surface area contributed by atoms with Crippen LogP contribution < -0.4 is 0 Å². The summed E-state index contributed by atoms with van der Waals surface area (Å²) < 4.78 is 23.2. The van der Waals surface area contributed by atoms with E-state index in [4.69, 9.17) is 4.74 Å². The maximum absolute atomic E-state index is 10.6. The lowest BCUT2D eigenvalue weighted by Crippen LogP contribution is -2.29. The van der Waals surface area contributed by atoms with Crippen LogP contribution >= 0.6 is 0 Å². The van der Waals surface area contributed by atoms with Gasteiger partial charge in [-0.3, -0.25) is 24.0 Å². The van der Waals surface area contributed by atoms with E-state index in [9.17, 15) is 24.0 Å². The minimum atomic E-state index is -0.754. The van der Waals surface area contributed by atoms with Gasteiger partial charge in [0.2, 0.25) is 0 Å². The fourth-order valence-corrected chi connectivity index (χ4v) is 1.26. The van der Waals surface area contributed by atoms with Crippen molar-refractivity contribution in [2.75, 3.05) is 26.4 Å². The molecule has 10 nitrogen and oxygen atoms in total. The molecule has 0 saturated heterocycles. The number of esters is 5. The summed E-state index contributed by atoms with van der Waals surface area (Å²) in [6.45, 7) is 6.73. The second kappa shape index (κ2) is 15.9. The third-order valence-corrected chi connectivity index (χ3v) is 2.18. The summed E-state index contributed by atoms with van der Waals surface area (Å²) in [5.41, 5.74) is 0. The van der Waals surface area contributed by atoms with Gasteiger partial charge in [-0.25, -0.2) is 0 Å². The van der Waals surface area contributed by atoms with Gasteiger partial charge in [-0.05, 0) is 0 Å². The first-order valence-electron chi connectivity index (χ1n) is 7.75. The van der Waals surface area contributed by atoms with Crippen molar-refractivity contribution in [1.82, 2.24) is 0 Å². The van der Waals surface area contributed by atoms with Crippen molar-refractivity contribution in [3.05, 3.63) is 0 Å². The van der Waals surface area contributed by atoms with Crippen LogP contribution in [-0.4, -0.2) is 62.4 Å². The van der Waals surface area contributed by atoms with Gasteiger partial charge >= 0.3 is 29.8 Å². The average Bonchev–Trinajstić information content (AvgIpc) is 2.49. The molecule has 0 aliphatic heterocycles. The van der Waals surface area contributed by atoms with Crippen LogP contribution in [0.3, 0.4) is 0 Å². The van der Waals surface area contributed by atoms with Crippen molar-refractivity contribution >= 4 is 29.8 Å². The Balaban J connectivity index is 0. The quantitative estimate of drug-likeness (QED) is 0.318. The number of ether oxygens (including phenoxy) is 5. The van der Waals surface area contributed by atoms with Gasteiger partial charge in [-0.1, -0.05) is 0 Å². The number of rotatable bonds is 9. The Morgan fingerprint density at radius 3 is 1.19 bits per heavy atom. The van der Waals surface area contributed by atoms with Gasteiger partial charge in [0.15, 0.2) is 6.10 Å². The third-order valence-electron chi connectivity index (χ3n) is 2.18. The summed E-state index contributed by atoms with van der Waals surface area (Å²) in [4.78, 5) is 52.1. The van der Waals surface area contributed by atoms with Gasteiger partial charge in [0.1, 0.15) is 13.2 Å². The minimum absolute atomic E-state index is 0.123. The van der Waals surface area contributed by atoms with Crippen LogP contribution in [-0.2, 0) is 47.7 Å². The van der Waals surface area contributed by atoms with Crippen LogP contribution in [0.5, 0.6) is 0 Å². The Kier molecular flexibility index (Phi) is 15.6. The number of carbonyl (C=O) groups is 5. The summed E-state index contributed by atoms with van der Waals surface area (Å²) in [7, 11) is 0. The van der Waals surface area contributed by atoms with Crippen LogP contribution in [0, 0.1) is 0 Å². The molecule has 0 aliphatic rings. The third kappa shape index (κ3) is 23.6. The molecule has 0 atom stereocenters. The average molecular weight is 378 g/mol. The molecule has 0 aromatic carbocycles. The highest BCUT2D eigenvalue weighted by atomic mass is 16.6. The maximum atomic E-state index is 10.6. The molecule has 0 spiro atoms. The molecule has 0 bridgehead atoms. The van der Waals surface area contributed by atoms with Crippen molar-refractivity contribution in [1.29, 1.82) is 0 Å². The summed E-state index contributed by atoms with van der Waals surface area (Å²) in [6.07, 6.45) is -0.200. The molecule has 0 heterocycles. The number of carbonyl (C=O) groups excluding carboxylic acids is 5. The Hall–Kier alpha value is -2.65. The lowest BCUT2D eigenvalue weighted by molar-refractivity contribution is -0.163. The first-order valence-corrected chi connectivity index (χ1v) is 7.75. The monoisotopic (exact) mass is 378 g/mol. The van der Waals surface area contributed by atoms with Gasteiger partial charge in [0, 0.05) is 41.0 Å². The summed E-state index contributed by atoms with van der Waals surface area (Å²) in [5.74, 6) is -2.13. The molecule has 26 heavy (non-hydrogen) atoms. The summed E-state index contributed by atoms with van der Waals surface area (Å²) in [5, 5.41) is 0. The minimum Gasteiger partial charge on any atom is -0.466 e. The van der Waals surface area contributed by atoms with Crippen LogP contribution in [0.15, 0.2) is 0 Å². The molecular weight excluding hydrogens is 352 g/mol. The SMILES string of the molecule is CC(=O)OCC(COC(C)=O)OC(C)=O.CC(=O)OCCCOC(C)=O. The highest BCUT2D eigenvalue weighted by Crippen LogP contribution is 1.97. The Labute approximate surface area is 152 Å². The molecule has 0 unspecified atom stereocenters. The van der Waals surface area contributed by atoms with E-state index in [1.54, 1.807) is 0 Å². The Morgan fingerprint density at radius 2 is 0.923 bits per heavy atom. The van der Waals surface area contributed by atoms with E-state index in [1.807, 2.05) is 0 Å². The van der Waals surface area contributed by atoms with E-state index in [0.29, 0.717) is 19.6 Å². The lowest BCUT2D eigenvalue weighted by Gasteiger charge is -2.15. The van der Waals surface area contributed by atoms with Crippen molar-refractivity contribution in [2.45, 2.75) is 47.1 Å². The smallest absolute Gasteiger partial charge is 0.303 e. The molecule has 0 saturated carbocycles. The van der Waals surface area contributed by atoms with Gasteiger partial charge in [-0.2, -0.15) is 0 Å². The van der Waals surface area contributed by atoms with Crippen LogP contribution in [0.2, 0.25) is 0 Å². The van der Waals surface area contributed by atoms with Gasteiger partial charge in [0.05, 0.1) is 13.2 Å². The second-order valence-electron chi connectivity index (χ2n) is 4.87. The molecule has 10 heteroatoms. The summed E-state index contributed by atoms with van der Waals surface area (Å²) in [6, 6.07) is 0. The molecule has 0 aromatic heterocycles. The lowest BCUT2D eigenvalue weighted by atomic mass is 10.4. The maximum Gasteiger partial charge on any atom is 0.303 e. The Morgan fingerprint density at radius 1 is 0.577 bits per heavy atom. The zero-order valence-electron chi connectivity index (χ0n) is 15.7. The first kappa shape index (κ1) is 25.6. The molecule has 150 valence electrons. The number of hydrogen-bond acceptors (Lipinski definition) is 10. The molecule has 0 rings (SSSR count). The van der Waals surface area contributed by atoms with Crippen LogP contribution in [0.4, 0.5) is 0 Å². The van der Waals surface area contributed by atoms with Crippen LogP contribution in [0.25, 0.3) is 0 Å². The van der Waals surface area contributed by atoms with Crippen molar-refractivity contribution < 1.29 is 47.7 Å². The molecule has 0 aromatic rings.